The van der Waals surface area contributed by atoms with Crippen LogP contribution in [-0.4, -0.2) is 15.7 Å². The molecule has 1 amide bonds. The van der Waals surface area contributed by atoms with Gasteiger partial charge in [0.1, 0.15) is 5.82 Å². The maximum Gasteiger partial charge on any atom is 0.248 e. The van der Waals surface area contributed by atoms with Gasteiger partial charge in [-0.1, -0.05) is 0 Å². The Kier molecular flexibility index (Phi) is 4.29. The predicted molar refractivity (Wildman–Crippen MR) is 90.5 cm³/mol. The average Bonchev–Trinajstić information content (AvgIpc) is 3.02. The van der Waals surface area contributed by atoms with Crippen molar-refractivity contribution >= 4 is 11.6 Å². The van der Waals surface area contributed by atoms with E-state index in [1.54, 1.807) is 22.9 Å². The Morgan fingerprint density at radius 3 is 2.62 bits per heavy atom. The number of amides is 1. The van der Waals surface area contributed by atoms with E-state index < -0.39 is 5.91 Å². The number of primary amides is 1. The first-order valence-corrected chi connectivity index (χ1v) is 7.48. The van der Waals surface area contributed by atoms with E-state index in [0.29, 0.717) is 12.1 Å². The number of nitrogens with zero attached hydrogens (tertiary/aromatic N) is 2. The highest BCUT2D eigenvalue weighted by atomic mass is 19.1. The molecule has 6 heteroatoms. The number of rotatable bonds is 5. The van der Waals surface area contributed by atoms with Gasteiger partial charge in [-0.25, -0.2) is 9.07 Å². The Morgan fingerprint density at radius 1 is 1.21 bits per heavy atom. The molecule has 0 bridgehead atoms. The lowest BCUT2D eigenvalue weighted by Gasteiger charge is -2.08. The number of anilines is 1. The van der Waals surface area contributed by atoms with Gasteiger partial charge in [-0.15, -0.1) is 0 Å². The summed E-state index contributed by atoms with van der Waals surface area (Å²) in [5.41, 5.74) is 9.16. The van der Waals surface area contributed by atoms with Crippen molar-refractivity contribution in [3.05, 3.63) is 77.4 Å². The van der Waals surface area contributed by atoms with Gasteiger partial charge in [-0.3, -0.25) is 4.79 Å². The molecule has 5 nitrogen and oxygen atoms in total. The Morgan fingerprint density at radius 2 is 1.96 bits per heavy atom. The van der Waals surface area contributed by atoms with Crippen LogP contribution in [0.15, 0.2) is 54.7 Å². The zero-order valence-corrected chi connectivity index (χ0v) is 13.2. The summed E-state index contributed by atoms with van der Waals surface area (Å²) in [4.78, 5) is 11.2. The van der Waals surface area contributed by atoms with Crippen LogP contribution in [0.3, 0.4) is 0 Å². The fraction of sp³-hybridized carbons (Fsp3) is 0.111. The second-order valence-corrected chi connectivity index (χ2v) is 5.48. The minimum absolute atomic E-state index is 0.275. The number of carbonyl (C=O) groups excluding carboxylic acids is 1. The molecule has 24 heavy (non-hydrogen) atoms. The van der Waals surface area contributed by atoms with Gasteiger partial charge in [0.05, 0.1) is 17.9 Å². The molecule has 3 rings (SSSR count). The number of benzene rings is 2. The van der Waals surface area contributed by atoms with E-state index in [2.05, 4.69) is 10.4 Å². The summed E-state index contributed by atoms with van der Waals surface area (Å²) in [5, 5.41) is 7.70. The summed E-state index contributed by atoms with van der Waals surface area (Å²) in [6, 6.07) is 13.4. The molecule has 0 aliphatic carbocycles. The standard InChI is InChI=1S/C18H17FN4O/c1-12-10-14(4-7-17(12)18(20)24)21-11-15-8-9-23(22-15)16-5-2-13(19)3-6-16/h2-10,21H,11H2,1H3,(H2,20,24). The third kappa shape index (κ3) is 3.43. The van der Waals surface area contributed by atoms with Crippen LogP contribution in [0.25, 0.3) is 5.69 Å². The third-order valence-electron chi connectivity index (χ3n) is 3.70. The Bertz CT molecular complexity index is 871. The van der Waals surface area contributed by atoms with E-state index in [-0.39, 0.29) is 5.82 Å². The van der Waals surface area contributed by atoms with Crippen LogP contribution in [0, 0.1) is 12.7 Å². The van der Waals surface area contributed by atoms with Crippen molar-refractivity contribution in [3.8, 4) is 5.69 Å². The summed E-state index contributed by atoms with van der Waals surface area (Å²) in [7, 11) is 0. The maximum absolute atomic E-state index is 13.0. The third-order valence-corrected chi connectivity index (χ3v) is 3.70. The zero-order chi connectivity index (χ0) is 17.1. The van der Waals surface area contributed by atoms with Crippen molar-refractivity contribution in [1.82, 2.24) is 9.78 Å². The average molecular weight is 324 g/mol. The Labute approximate surface area is 138 Å². The zero-order valence-electron chi connectivity index (χ0n) is 13.2. The van der Waals surface area contributed by atoms with Crippen LogP contribution >= 0.6 is 0 Å². The Hall–Kier alpha value is -3.15. The molecule has 1 aromatic heterocycles. The number of halogens is 1. The molecule has 2 aromatic carbocycles. The lowest BCUT2D eigenvalue weighted by Crippen LogP contribution is -2.12. The number of nitrogens with one attached hydrogen (secondary N) is 1. The van der Waals surface area contributed by atoms with E-state index in [1.165, 1.54) is 12.1 Å². The predicted octanol–water partition coefficient (Wildman–Crippen LogP) is 3.03. The number of aryl methyl sites for hydroxylation is 1. The van der Waals surface area contributed by atoms with Crippen molar-refractivity contribution in [2.75, 3.05) is 5.32 Å². The minimum atomic E-state index is -0.433. The molecular weight excluding hydrogens is 307 g/mol. The van der Waals surface area contributed by atoms with Gasteiger partial charge in [0.15, 0.2) is 0 Å². The van der Waals surface area contributed by atoms with Gasteiger partial charge in [0.25, 0.3) is 0 Å². The van der Waals surface area contributed by atoms with Gasteiger partial charge in [-0.05, 0) is 61.0 Å². The van der Waals surface area contributed by atoms with Gasteiger partial charge >= 0.3 is 0 Å². The lowest BCUT2D eigenvalue weighted by molar-refractivity contribution is 0.0999. The second kappa shape index (κ2) is 6.54. The van der Waals surface area contributed by atoms with Crippen molar-refractivity contribution < 1.29 is 9.18 Å². The smallest absolute Gasteiger partial charge is 0.248 e. The first-order valence-electron chi connectivity index (χ1n) is 7.48. The van der Waals surface area contributed by atoms with Crippen LogP contribution in [0.5, 0.6) is 0 Å². The summed E-state index contributed by atoms with van der Waals surface area (Å²) in [6.45, 7) is 2.37. The number of hydrogen-bond donors (Lipinski definition) is 2. The highest BCUT2D eigenvalue weighted by Gasteiger charge is 2.06. The van der Waals surface area contributed by atoms with Crippen molar-refractivity contribution in [1.29, 1.82) is 0 Å². The number of aromatic nitrogens is 2. The van der Waals surface area contributed by atoms with E-state index in [9.17, 15) is 9.18 Å². The highest BCUT2D eigenvalue weighted by molar-refractivity contribution is 5.94. The molecule has 3 aromatic rings. The molecule has 0 unspecified atom stereocenters. The molecule has 122 valence electrons. The molecule has 0 saturated heterocycles. The van der Waals surface area contributed by atoms with E-state index in [4.69, 9.17) is 5.73 Å². The number of nitrogens with two attached hydrogens (primary N) is 1. The highest BCUT2D eigenvalue weighted by Crippen LogP contribution is 2.16. The fourth-order valence-corrected chi connectivity index (χ4v) is 2.44. The SMILES string of the molecule is Cc1cc(NCc2ccn(-c3ccc(F)cc3)n2)ccc1C(N)=O. The molecule has 0 spiro atoms. The largest absolute Gasteiger partial charge is 0.379 e. The van der Waals surface area contributed by atoms with E-state index >= 15 is 0 Å². The molecular formula is C18H17FN4O. The van der Waals surface area contributed by atoms with Crippen LogP contribution in [-0.2, 0) is 6.54 Å². The molecule has 1 heterocycles. The van der Waals surface area contributed by atoms with Crippen molar-refractivity contribution in [2.45, 2.75) is 13.5 Å². The van der Waals surface area contributed by atoms with Crippen LogP contribution < -0.4 is 11.1 Å². The summed E-state index contributed by atoms with van der Waals surface area (Å²) < 4.78 is 14.7. The van der Waals surface area contributed by atoms with Crippen LogP contribution in [0.1, 0.15) is 21.6 Å². The molecule has 0 aliphatic heterocycles. The summed E-state index contributed by atoms with van der Waals surface area (Å²) >= 11 is 0. The molecule has 0 saturated carbocycles. The summed E-state index contributed by atoms with van der Waals surface area (Å²) in [6.07, 6.45) is 1.83. The lowest BCUT2D eigenvalue weighted by atomic mass is 10.1. The molecule has 0 fully saturated rings. The quantitative estimate of drug-likeness (QED) is 0.757. The molecule has 3 N–H and O–H groups in total. The maximum atomic E-state index is 13.0. The van der Waals surface area contributed by atoms with Crippen molar-refractivity contribution in [2.24, 2.45) is 5.73 Å². The monoisotopic (exact) mass is 324 g/mol. The van der Waals surface area contributed by atoms with Crippen LogP contribution in [0.4, 0.5) is 10.1 Å². The number of carbonyl (C=O) groups is 1. The van der Waals surface area contributed by atoms with E-state index in [0.717, 1.165) is 22.6 Å². The minimum Gasteiger partial charge on any atom is -0.379 e. The summed E-state index contributed by atoms with van der Waals surface area (Å²) in [5.74, 6) is -0.709. The topological polar surface area (TPSA) is 72.9 Å². The molecule has 0 radical (unpaired) electrons. The second-order valence-electron chi connectivity index (χ2n) is 5.48. The van der Waals surface area contributed by atoms with Gasteiger partial charge in [-0.2, -0.15) is 5.10 Å². The molecule has 0 atom stereocenters. The van der Waals surface area contributed by atoms with Crippen LogP contribution in [0.2, 0.25) is 0 Å². The number of hydrogen-bond acceptors (Lipinski definition) is 3. The normalized spacial score (nSPS) is 10.6. The first kappa shape index (κ1) is 15.7. The van der Waals surface area contributed by atoms with Gasteiger partial charge < -0.3 is 11.1 Å². The first-order chi connectivity index (χ1) is 11.5. The molecule has 0 aliphatic rings. The van der Waals surface area contributed by atoms with Gasteiger partial charge in [0.2, 0.25) is 5.91 Å². The van der Waals surface area contributed by atoms with Crippen molar-refractivity contribution in [3.63, 3.8) is 0 Å². The van der Waals surface area contributed by atoms with E-state index in [1.807, 2.05) is 31.3 Å². The fourth-order valence-electron chi connectivity index (χ4n) is 2.44. The van der Waals surface area contributed by atoms with Gasteiger partial charge in [0, 0.05) is 17.4 Å². The Balaban J connectivity index is 1.68.